The van der Waals surface area contributed by atoms with Crippen molar-refractivity contribution in [3.8, 4) is 23.3 Å². The van der Waals surface area contributed by atoms with Crippen molar-refractivity contribution < 1.29 is 19.0 Å². The standard InChI is InChI=1S/C28H25ClN2O4/c1-19-7-3-6-10-25(19)34-13-14-35-27-23(29)16-20(17-26(27)33-2)15-22(18-30)28(32)31-12-11-21-8-4-5-9-24(21)31/h3-10,15-17H,11-14H2,1-2H3/b22-15+. The first-order valence-electron chi connectivity index (χ1n) is 11.2. The van der Waals surface area contributed by atoms with Crippen molar-refractivity contribution in [1.82, 2.24) is 0 Å². The zero-order valence-corrected chi connectivity index (χ0v) is 20.3. The molecule has 3 aromatic carbocycles. The lowest BCUT2D eigenvalue weighted by molar-refractivity contribution is -0.114. The molecule has 0 unspecified atom stereocenters. The number of carbonyl (C=O) groups is 1. The molecule has 1 amide bonds. The fourth-order valence-corrected chi connectivity index (χ4v) is 4.25. The first kappa shape index (κ1) is 24.2. The van der Waals surface area contributed by atoms with E-state index in [1.165, 1.54) is 13.2 Å². The van der Waals surface area contributed by atoms with Crippen LogP contribution in [0.3, 0.4) is 0 Å². The summed E-state index contributed by atoms with van der Waals surface area (Å²) in [6.07, 6.45) is 2.28. The smallest absolute Gasteiger partial charge is 0.268 e. The van der Waals surface area contributed by atoms with Gasteiger partial charge in [-0.1, -0.05) is 48.0 Å². The van der Waals surface area contributed by atoms with E-state index in [4.69, 9.17) is 25.8 Å². The molecule has 3 aromatic rings. The lowest BCUT2D eigenvalue weighted by Gasteiger charge is -2.17. The number of nitrogens with zero attached hydrogens (tertiary/aromatic N) is 2. The van der Waals surface area contributed by atoms with E-state index in [2.05, 4.69) is 0 Å². The van der Waals surface area contributed by atoms with Gasteiger partial charge in [-0.05, 0) is 60.4 Å². The SMILES string of the molecule is COc1cc(/C=C(\C#N)C(=O)N2CCc3ccccc32)cc(Cl)c1OCCOc1ccccc1C. The normalized spacial score (nSPS) is 12.6. The van der Waals surface area contributed by atoms with Gasteiger partial charge in [0.15, 0.2) is 11.5 Å². The minimum Gasteiger partial charge on any atom is -0.493 e. The average molecular weight is 489 g/mol. The van der Waals surface area contributed by atoms with Crippen molar-refractivity contribution in [3.05, 3.63) is 87.9 Å². The van der Waals surface area contributed by atoms with E-state index < -0.39 is 0 Å². The number of hydrogen-bond acceptors (Lipinski definition) is 5. The van der Waals surface area contributed by atoms with Gasteiger partial charge >= 0.3 is 0 Å². The molecular formula is C28H25ClN2O4. The van der Waals surface area contributed by atoms with Crippen LogP contribution in [0.4, 0.5) is 5.69 Å². The predicted molar refractivity (Wildman–Crippen MR) is 136 cm³/mol. The Morgan fingerprint density at radius 1 is 1.09 bits per heavy atom. The first-order chi connectivity index (χ1) is 17.0. The molecule has 0 spiro atoms. The second kappa shape index (κ2) is 11.0. The van der Waals surface area contributed by atoms with E-state index in [-0.39, 0.29) is 18.1 Å². The monoisotopic (exact) mass is 488 g/mol. The number of rotatable bonds is 8. The molecule has 35 heavy (non-hydrogen) atoms. The molecule has 4 rings (SSSR count). The molecule has 0 aliphatic carbocycles. The van der Waals surface area contributed by atoms with E-state index >= 15 is 0 Å². The van der Waals surface area contributed by atoms with Crippen LogP contribution in [0.25, 0.3) is 6.08 Å². The Hall–Kier alpha value is -3.95. The minimum absolute atomic E-state index is 0.0140. The Labute approximate surface area is 209 Å². The van der Waals surface area contributed by atoms with Crippen LogP contribution in [-0.2, 0) is 11.2 Å². The number of anilines is 1. The first-order valence-corrected chi connectivity index (χ1v) is 11.6. The van der Waals surface area contributed by atoms with Gasteiger partial charge in [0.25, 0.3) is 5.91 Å². The van der Waals surface area contributed by atoms with Crippen LogP contribution in [0, 0.1) is 18.3 Å². The number of halogens is 1. The van der Waals surface area contributed by atoms with Crippen molar-refractivity contribution in [2.45, 2.75) is 13.3 Å². The Balaban J connectivity index is 1.48. The number of amides is 1. The zero-order valence-electron chi connectivity index (χ0n) is 19.6. The van der Waals surface area contributed by atoms with Gasteiger partial charge in [-0.15, -0.1) is 0 Å². The van der Waals surface area contributed by atoms with Gasteiger partial charge < -0.3 is 19.1 Å². The molecule has 0 atom stereocenters. The number of fused-ring (bicyclic) bond motifs is 1. The van der Waals surface area contributed by atoms with Crippen LogP contribution in [-0.4, -0.2) is 32.8 Å². The molecule has 1 heterocycles. The highest BCUT2D eigenvalue weighted by Gasteiger charge is 2.26. The van der Waals surface area contributed by atoms with Crippen LogP contribution in [0.2, 0.25) is 5.02 Å². The number of benzene rings is 3. The van der Waals surface area contributed by atoms with E-state index in [0.717, 1.165) is 29.0 Å². The third-order valence-corrected chi connectivity index (χ3v) is 6.01. The predicted octanol–water partition coefficient (Wildman–Crippen LogP) is 5.61. The maximum absolute atomic E-state index is 13.1. The summed E-state index contributed by atoms with van der Waals surface area (Å²) in [5.41, 5.74) is 3.55. The minimum atomic E-state index is -0.346. The molecule has 0 radical (unpaired) electrons. The van der Waals surface area contributed by atoms with E-state index in [1.807, 2.05) is 61.5 Å². The number of methoxy groups -OCH3 is 1. The highest BCUT2D eigenvalue weighted by Crippen LogP contribution is 2.37. The maximum Gasteiger partial charge on any atom is 0.268 e. The number of nitriles is 1. The molecular weight excluding hydrogens is 464 g/mol. The van der Waals surface area contributed by atoms with Crippen LogP contribution >= 0.6 is 11.6 Å². The highest BCUT2D eigenvalue weighted by molar-refractivity contribution is 6.32. The van der Waals surface area contributed by atoms with Gasteiger partial charge in [0.2, 0.25) is 0 Å². The Morgan fingerprint density at radius 2 is 1.83 bits per heavy atom. The Morgan fingerprint density at radius 3 is 2.60 bits per heavy atom. The Bertz CT molecular complexity index is 1310. The topological polar surface area (TPSA) is 71.8 Å². The molecule has 0 fully saturated rings. The van der Waals surface area contributed by atoms with E-state index in [0.29, 0.717) is 35.2 Å². The molecule has 1 aliphatic rings. The van der Waals surface area contributed by atoms with Crippen molar-refractivity contribution in [2.75, 3.05) is 31.8 Å². The molecule has 0 saturated heterocycles. The molecule has 178 valence electrons. The average Bonchev–Trinajstić information content (AvgIpc) is 3.30. The van der Waals surface area contributed by atoms with Crippen LogP contribution in [0.5, 0.6) is 17.2 Å². The van der Waals surface area contributed by atoms with Gasteiger partial charge in [-0.2, -0.15) is 5.26 Å². The third kappa shape index (κ3) is 5.42. The van der Waals surface area contributed by atoms with Crippen LogP contribution in [0.1, 0.15) is 16.7 Å². The van der Waals surface area contributed by atoms with Crippen molar-refractivity contribution in [1.29, 1.82) is 5.26 Å². The maximum atomic E-state index is 13.1. The fraction of sp³-hybridized carbons (Fsp3) is 0.214. The molecule has 0 bridgehead atoms. The zero-order chi connectivity index (χ0) is 24.8. The molecule has 7 heteroatoms. The summed E-state index contributed by atoms with van der Waals surface area (Å²) in [6, 6.07) is 20.8. The van der Waals surface area contributed by atoms with E-state index in [9.17, 15) is 10.1 Å². The van der Waals surface area contributed by atoms with Crippen molar-refractivity contribution in [2.24, 2.45) is 0 Å². The van der Waals surface area contributed by atoms with Gasteiger partial charge in [0.05, 0.1) is 12.1 Å². The van der Waals surface area contributed by atoms with Crippen LogP contribution < -0.4 is 19.1 Å². The van der Waals surface area contributed by atoms with Gasteiger partial charge in [0.1, 0.15) is 30.6 Å². The van der Waals surface area contributed by atoms with Gasteiger partial charge in [0, 0.05) is 12.2 Å². The summed E-state index contributed by atoms with van der Waals surface area (Å²) in [4.78, 5) is 14.7. The molecule has 6 nitrogen and oxygen atoms in total. The molecule has 1 aliphatic heterocycles. The lowest BCUT2D eigenvalue weighted by atomic mass is 10.1. The largest absolute Gasteiger partial charge is 0.493 e. The summed E-state index contributed by atoms with van der Waals surface area (Å²) >= 11 is 6.48. The Kier molecular flexibility index (Phi) is 7.59. The van der Waals surface area contributed by atoms with Crippen LogP contribution in [0.15, 0.2) is 66.2 Å². The highest BCUT2D eigenvalue weighted by atomic mass is 35.5. The second-order valence-corrected chi connectivity index (χ2v) is 8.41. The number of hydrogen-bond donors (Lipinski definition) is 0. The lowest BCUT2D eigenvalue weighted by Crippen LogP contribution is -2.29. The summed E-state index contributed by atoms with van der Waals surface area (Å²) in [7, 11) is 1.51. The summed E-state index contributed by atoms with van der Waals surface area (Å²) in [5.74, 6) is 1.22. The van der Waals surface area contributed by atoms with Crippen molar-refractivity contribution >= 4 is 29.3 Å². The quantitative estimate of drug-likeness (QED) is 0.234. The number of carbonyl (C=O) groups excluding carboxylic acids is 1. The second-order valence-electron chi connectivity index (χ2n) is 8.00. The summed E-state index contributed by atoms with van der Waals surface area (Å²) in [5, 5.41) is 10.0. The molecule has 0 aromatic heterocycles. The summed E-state index contributed by atoms with van der Waals surface area (Å²) in [6.45, 7) is 3.11. The van der Waals surface area contributed by atoms with E-state index in [1.54, 1.807) is 17.0 Å². The third-order valence-electron chi connectivity index (χ3n) is 5.73. The summed E-state index contributed by atoms with van der Waals surface area (Å²) < 4.78 is 17.1. The number of para-hydroxylation sites is 2. The fourth-order valence-electron chi connectivity index (χ4n) is 3.98. The molecule has 0 N–H and O–H groups in total. The van der Waals surface area contributed by atoms with Gasteiger partial charge in [-0.3, -0.25) is 4.79 Å². The number of aryl methyl sites for hydroxylation is 1. The number of ether oxygens (including phenoxy) is 3. The molecule has 0 saturated carbocycles. The van der Waals surface area contributed by atoms with Crippen molar-refractivity contribution in [3.63, 3.8) is 0 Å². The van der Waals surface area contributed by atoms with Gasteiger partial charge in [-0.25, -0.2) is 0 Å².